The molecule has 0 unspecified atom stereocenters. The maximum absolute atomic E-state index is 14.6. The smallest absolute Gasteiger partial charge is 0.316 e. The van der Waals surface area contributed by atoms with Gasteiger partial charge in [-0.25, -0.2) is 28.1 Å². The van der Waals surface area contributed by atoms with Gasteiger partial charge in [0, 0.05) is 42.7 Å². The number of carbonyl (C=O) groups excluding carboxylic acids is 1. The highest BCUT2D eigenvalue weighted by Gasteiger charge is 2.40. The maximum atomic E-state index is 14.6. The Morgan fingerprint density at radius 1 is 1.09 bits per heavy atom. The summed E-state index contributed by atoms with van der Waals surface area (Å²) in [4.78, 5) is 26.8. The summed E-state index contributed by atoms with van der Waals surface area (Å²) in [5.74, 6) is -3.81. The largest absolute Gasteiger partial charge is 0.460 e. The van der Waals surface area contributed by atoms with Crippen molar-refractivity contribution in [2.75, 3.05) is 23.3 Å². The molecule has 0 spiro atoms. The summed E-state index contributed by atoms with van der Waals surface area (Å²) in [5, 5.41) is 2.72. The van der Waals surface area contributed by atoms with Crippen molar-refractivity contribution in [2.24, 2.45) is 0 Å². The Balaban J connectivity index is 1.49. The number of benzene rings is 1. The summed E-state index contributed by atoms with van der Waals surface area (Å²) in [6.07, 6.45) is 5.74. The number of carbonyl (C=O) groups is 1. The zero-order valence-electron chi connectivity index (χ0n) is 17.5. The molecule has 1 saturated heterocycles. The Hall–Kier alpha value is -3.69. The number of ether oxygens (including phenoxy) is 1. The van der Waals surface area contributed by atoms with Gasteiger partial charge in [-0.2, -0.15) is 0 Å². The number of anilines is 2. The third kappa shape index (κ3) is 4.59. The number of hydrogen-bond donors (Lipinski definition) is 1. The highest BCUT2D eigenvalue weighted by Crippen LogP contribution is 2.39. The third-order valence-electron chi connectivity index (χ3n) is 5.49. The first-order valence-corrected chi connectivity index (χ1v) is 10.6. The first-order chi connectivity index (χ1) is 15.9. The van der Waals surface area contributed by atoms with Crippen LogP contribution >= 0.6 is 0 Å². The lowest BCUT2D eigenvalue weighted by Crippen LogP contribution is -2.27. The van der Waals surface area contributed by atoms with Gasteiger partial charge in [0.25, 0.3) is 11.8 Å². The van der Waals surface area contributed by atoms with E-state index < -0.39 is 24.2 Å². The molecule has 1 amide bonds. The number of rotatable bonds is 6. The third-order valence-corrected chi connectivity index (χ3v) is 5.49. The Bertz CT molecular complexity index is 1180. The van der Waals surface area contributed by atoms with E-state index in [1.807, 2.05) is 0 Å². The van der Waals surface area contributed by atoms with Gasteiger partial charge in [-0.15, -0.1) is 0 Å². The van der Waals surface area contributed by atoms with E-state index in [-0.39, 0.29) is 47.7 Å². The quantitative estimate of drug-likeness (QED) is 0.597. The first-order valence-electron chi connectivity index (χ1n) is 10.6. The van der Waals surface area contributed by atoms with Crippen LogP contribution < -0.4 is 15.0 Å². The van der Waals surface area contributed by atoms with Crippen LogP contribution in [0.1, 0.15) is 29.6 Å². The van der Waals surface area contributed by atoms with Gasteiger partial charge in [-0.3, -0.25) is 4.79 Å². The van der Waals surface area contributed by atoms with E-state index in [2.05, 4.69) is 20.3 Å². The first kappa shape index (κ1) is 21.2. The molecule has 5 rings (SSSR count). The number of aromatic nitrogens is 3. The minimum absolute atomic E-state index is 0.0555. The van der Waals surface area contributed by atoms with Crippen LogP contribution in [0.3, 0.4) is 0 Å². The molecule has 1 saturated carbocycles. The van der Waals surface area contributed by atoms with E-state index in [0.29, 0.717) is 5.56 Å². The van der Waals surface area contributed by atoms with Crippen molar-refractivity contribution in [3.63, 3.8) is 0 Å². The molecule has 170 valence electrons. The van der Waals surface area contributed by atoms with Gasteiger partial charge < -0.3 is 15.0 Å². The fraction of sp³-hybridized carbons (Fsp3) is 0.304. The number of nitrogens with one attached hydrogen (secondary N) is 1. The predicted molar refractivity (Wildman–Crippen MR) is 115 cm³/mol. The van der Waals surface area contributed by atoms with Crippen molar-refractivity contribution in [3.05, 3.63) is 60.3 Å². The van der Waals surface area contributed by atoms with Crippen LogP contribution in [-0.4, -0.2) is 46.0 Å². The molecule has 7 nitrogen and oxygen atoms in total. The zero-order chi connectivity index (χ0) is 23.0. The molecule has 3 heterocycles. The highest BCUT2D eigenvalue weighted by molar-refractivity contribution is 6.08. The summed E-state index contributed by atoms with van der Waals surface area (Å²) in [6, 6.07) is 7.76. The van der Waals surface area contributed by atoms with Crippen LogP contribution in [0.4, 0.5) is 24.7 Å². The molecule has 0 atom stereocenters. The van der Waals surface area contributed by atoms with E-state index in [1.54, 1.807) is 18.2 Å². The van der Waals surface area contributed by atoms with Crippen LogP contribution in [0.2, 0.25) is 0 Å². The number of pyridine rings is 1. The van der Waals surface area contributed by atoms with Crippen molar-refractivity contribution in [1.82, 2.24) is 15.0 Å². The van der Waals surface area contributed by atoms with Crippen molar-refractivity contribution in [2.45, 2.75) is 31.3 Å². The minimum Gasteiger partial charge on any atom is -0.460 e. The lowest BCUT2D eigenvalue weighted by atomic mass is 10.0. The van der Waals surface area contributed by atoms with Gasteiger partial charge in [0.2, 0.25) is 0 Å². The molecule has 10 heteroatoms. The maximum Gasteiger partial charge on any atom is 0.316 e. The van der Waals surface area contributed by atoms with Crippen LogP contribution in [0.25, 0.3) is 11.1 Å². The predicted octanol–water partition coefficient (Wildman–Crippen LogP) is 4.32. The summed E-state index contributed by atoms with van der Waals surface area (Å²) >= 11 is 0. The fourth-order valence-corrected chi connectivity index (χ4v) is 3.65. The summed E-state index contributed by atoms with van der Waals surface area (Å²) in [7, 11) is 0. The average molecular weight is 455 g/mol. The van der Waals surface area contributed by atoms with Crippen molar-refractivity contribution >= 4 is 17.4 Å². The van der Waals surface area contributed by atoms with E-state index >= 15 is 0 Å². The number of hydrogen-bond acceptors (Lipinski definition) is 6. The summed E-state index contributed by atoms with van der Waals surface area (Å²) < 4.78 is 47.9. The molecule has 1 aliphatic heterocycles. The second-order valence-electron chi connectivity index (χ2n) is 8.09. The molecular weight excluding hydrogens is 435 g/mol. The Labute approximate surface area is 187 Å². The molecule has 3 aromatic rings. The normalized spacial score (nSPS) is 17.1. The average Bonchev–Trinajstić information content (AvgIpc) is 3.54. The lowest BCUT2D eigenvalue weighted by Gasteiger charge is -2.23. The Morgan fingerprint density at radius 2 is 1.85 bits per heavy atom. The zero-order valence-corrected chi connectivity index (χ0v) is 17.5. The van der Waals surface area contributed by atoms with Crippen LogP contribution in [0, 0.1) is 5.82 Å². The second-order valence-corrected chi connectivity index (χ2v) is 8.09. The van der Waals surface area contributed by atoms with Crippen LogP contribution in [-0.2, 0) is 0 Å². The molecular formula is C23H20F3N5O2. The van der Waals surface area contributed by atoms with Crippen molar-refractivity contribution in [3.8, 4) is 17.1 Å². The highest BCUT2D eigenvalue weighted by atomic mass is 19.3. The van der Waals surface area contributed by atoms with Gasteiger partial charge >= 0.3 is 6.01 Å². The van der Waals surface area contributed by atoms with E-state index in [0.717, 1.165) is 12.8 Å². The molecule has 2 aromatic heterocycles. The molecule has 2 aliphatic rings. The minimum atomic E-state index is -2.87. The lowest BCUT2D eigenvalue weighted by molar-refractivity contribution is 0.0257. The summed E-state index contributed by atoms with van der Waals surface area (Å²) in [6.45, 7) is -0.486. The van der Waals surface area contributed by atoms with Crippen LogP contribution in [0.15, 0.2) is 48.9 Å². The molecule has 1 aliphatic carbocycles. The molecule has 0 bridgehead atoms. The molecule has 0 radical (unpaired) electrons. The Morgan fingerprint density at radius 3 is 2.52 bits per heavy atom. The molecule has 1 aromatic carbocycles. The Kier molecular flexibility index (Phi) is 5.35. The van der Waals surface area contributed by atoms with Gasteiger partial charge in [-0.05, 0) is 25.0 Å². The van der Waals surface area contributed by atoms with E-state index in [4.69, 9.17) is 4.74 Å². The van der Waals surface area contributed by atoms with E-state index in [1.165, 1.54) is 35.6 Å². The second kappa shape index (κ2) is 8.34. The molecule has 2 fully saturated rings. The van der Waals surface area contributed by atoms with Crippen molar-refractivity contribution < 1.29 is 22.7 Å². The van der Waals surface area contributed by atoms with Gasteiger partial charge in [0.1, 0.15) is 11.9 Å². The van der Waals surface area contributed by atoms with Gasteiger partial charge in [-0.1, -0.05) is 18.2 Å². The number of halogens is 3. The fourth-order valence-electron chi connectivity index (χ4n) is 3.65. The molecule has 1 N–H and O–H groups in total. The van der Waals surface area contributed by atoms with Crippen LogP contribution in [0.5, 0.6) is 6.01 Å². The number of nitrogens with zero attached hydrogens (tertiary/aromatic N) is 4. The monoisotopic (exact) mass is 455 g/mol. The van der Waals surface area contributed by atoms with Gasteiger partial charge in [0.15, 0.2) is 5.82 Å². The topological polar surface area (TPSA) is 80.2 Å². The molecule has 33 heavy (non-hydrogen) atoms. The number of amides is 1. The van der Waals surface area contributed by atoms with Gasteiger partial charge in [0.05, 0.1) is 17.8 Å². The standard InChI is InChI=1S/C23H20F3N5O2/c24-18-4-2-1-3-16(18)17-7-9-27-20(31-10-8-23(25,26)13-31)19(17)30-21(32)14-11-28-22(29-12-14)33-15-5-6-15/h1-4,7,9,11-12,15H,5-6,8,10,13H2,(H,30,32). The SMILES string of the molecule is O=C(Nc1c(-c2ccccc2F)ccnc1N1CCC(F)(F)C1)c1cnc(OC2CC2)nc1. The number of alkyl halides is 2. The summed E-state index contributed by atoms with van der Waals surface area (Å²) in [5.41, 5.74) is 0.825. The van der Waals surface area contributed by atoms with E-state index in [9.17, 15) is 18.0 Å². The van der Waals surface area contributed by atoms with Crippen molar-refractivity contribution in [1.29, 1.82) is 0 Å².